The second kappa shape index (κ2) is 4.17. The number of cyclic esters (lactones) is 1. The van der Waals surface area contributed by atoms with Crippen molar-refractivity contribution in [1.29, 1.82) is 0 Å². The van der Waals surface area contributed by atoms with Crippen LogP contribution in [0.1, 0.15) is 13.3 Å². The summed E-state index contributed by atoms with van der Waals surface area (Å²) in [7, 11) is 0. The molecule has 2 unspecified atom stereocenters. The van der Waals surface area contributed by atoms with Gasteiger partial charge in [-0.25, -0.2) is 4.79 Å². The lowest BCUT2D eigenvalue weighted by Gasteiger charge is -2.29. The first-order chi connectivity index (χ1) is 6.75. The molecule has 2 atom stereocenters. The first-order valence-corrected chi connectivity index (χ1v) is 5.38. The number of nitrogens with zero attached hydrogens (tertiary/aromatic N) is 1. The first kappa shape index (κ1) is 9.77. The van der Waals surface area contributed by atoms with E-state index in [4.69, 9.17) is 4.74 Å². The van der Waals surface area contributed by atoms with Gasteiger partial charge in [0.25, 0.3) is 0 Å². The van der Waals surface area contributed by atoms with E-state index >= 15 is 0 Å². The smallest absolute Gasteiger partial charge is 0.409 e. The molecule has 0 radical (unpaired) electrons. The number of nitrogens with one attached hydrogen (secondary N) is 1. The van der Waals surface area contributed by atoms with Gasteiger partial charge in [0.05, 0.1) is 6.54 Å². The molecule has 2 rings (SSSR count). The third-order valence-corrected chi connectivity index (χ3v) is 2.99. The van der Waals surface area contributed by atoms with Crippen LogP contribution in [0, 0.1) is 11.8 Å². The predicted molar refractivity (Wildman–Crippen MR) is 53.1 cm³/mol. The fourth-order valence-corrected chi connectivity index (χ4v) is 2.31. The Balaban J connectivity index is 1.81. The molecule has 0 aromatic carbocycles. The quantitative estimate of drug-likeness (QED) is 0.709. The summed E-state index contributed by atoms with van der Waals surface area (Å²) in [4.78, 5) is 13.0. The van der Waals surface area contributed by atoms with Crippen molar-refractivity contribution in [3.8, 4) is 0 Å². The molecule has 80 valence electrons. The van der Waals surface area contributed by atoms with Crippen LogP contribution in [0.25, 0.3) is 0 Å². The molecule has 0 saturated carbocycles. The van der Waals surface area contributed by atoms with Crippen molar-refractivity contribution < 1.29 is 9.53 Å². The van der Waals surface area contributed by atoms with Crippen LogP contribution in [0.15, 0.2) is 0 Å². The fraction of sp³-hybridized carbons (Fsp3) is 0.900. The van der Waals surface area contributed by atoms with E-state index < -0.39 is 0 Å². The van der Waals surface area contributed by atoms with Gasteiger partial charge in [-0.15, -0.1) is 0 Å². The average Bonchev–Trinajstić information content (AvgIpc) is 2.52. The van der Waals surface area contributed by atoms with Crippen molar-refractivity contribution in [2.75, 3.05) is 32.8 Å². The van der Waals surface area contributed by atoms with Gasteiger partial charge in [-0.2, -0.15) is 0 Å². The highest BCUT2D eigenvalue weighted by molar-refractivity contribution is 5.69. The number of hydrogen-bond donors (Lipinski definition) is 1. The van der Waals surface area contributed by atoms with E-state index in [1.807, 2.05) is 4.90 Å². The number of carbonyl (C=O) groups is 1. The molecule has 2 aliphatic rings. The summed E-state index contributed by atoms with van der Waals surface area (Å²) < 4.78 is 4.90. The standard InChI is InChI=1S/C10H18N2O2/c1-8-4-9(6-11-5-8)7-12-2-3-14-10(12)13/h8-9,11H,2-7H2,1H3. The summed E-state index contributed by atoms with van der Waals surface area (Å²) in [6, 6.07) is 0. The van der Waals surface area contributed by atoms with Crippen LogP contribution in [-0.4, -0.2) is 43.8 Å². The molecule has 4 heteroatoms. The maximum atomic E-state index is 11.2. The van der Waals surface area contributed by atoms with Crippen molar-refractivity contribution in [2.24, 2.45) is 11.8 Å². The van der Waals surface area contributed by atoms with Gasteiger partial charge < -0.3 is 15.0 Å². The molecule has 2 heterocycles. The lowest BCUT2D eigenvalue weighted by atomic mass is 9.91. The van der Waals surface area contributed by atoms with Gasteiger partial charge in [0.15, 0.2) is 0 Å². The molecular formula is C10H18N2O2. The summed E-state index contributed by atoms with van der Waals surface area (Å²) in [5, 5.41) is 3.39. The van der Waals surface area contributed by atoms with E-state index in [1.54, 1.807) is 0 Å². The van der Waals surface area contributed by atoms with Gasteiger partial charge in [-0.05, 0) is 31.3 Å². The third kappa shape index (κ3) is 2.18. The summed E-state index contributed by atoms with van der Waals surface area (Å²) in [6.45, 7) is 6.59. The SMILES string of the molecule is CC1CNCC(CN2CCOC2=O)C1. The normalized spacial score (nSPS) is 33.2. The van der Waals surface area contributed by atoms with E-state index in [9.17, 15) is 4.79 Å². The molecule has 4 nitrogen and oxygen atoms in total. The minimum atomic E-state index is -0.136. The Morgan fingerprint density at radius 3 is 3.07 bits per heavy atom. The van der Waals surface area contributed by atoms with Crippen molar-refractivity contribution >= 4 is 6.09 Å². The lowest BCUT2D eigenvalue weighted by molar-refractivity contribution is 0.149. The molecular weight excluding hydrogens is 180 g/mol. The van der Waals surface area contributed by atoms with Gasteiger partial charge in [-0.3, -0.25) is 0 Å². The Kier molecular flexibility index (Phi) is 2.91. The second-order valence-electron chi connectivity index (χ2n) is 4.43. The summed E-state index contributed by atoms with van der Waals surface area (Å²) >= 11 is 0. The average molecular weight is 198 g/mol. The largest absolute Gasteiger partial charge is 0.448 e. The van der Waals surface area contributed by atoms with Gasteiger partial charge in [0.2, 0.25) is 0 Å². The van der Waals surface area contributed by atoms with E-state index in [-0.39, 0.29) is 6.09 Å². The molecule has 2 aliphatic heterocycles. The number of ether oxygens (including phenoxy) is 1. The molecule has 2 fully saturated rings. The number of carbonyl (C=O) groups excluding carboxylic acids is 1. The van der Waals surface area contributed by atoms with Crippen LogP contribution in [-0.2, 0) is 4.74 Å². The third-order valence-electron chi connectivity index (χ3n) is 2.99. The van der Waals surface area contributed by atoms with E-state index in [0.717, 1.165) is 32.1 Å². The van der Waals surface area contributed by atoms with Crippen LogP contribution in [0.2, 0.25) is 0 Å². The van der Waals surface area contributed by atoms with E-state index in [2.05, 4.69) is 12.2 Å². The van der Waals surface area contributed by atoms with Crippen LogP contribution in [0.3, 0.4) is 0 Å². The zero-order chi connectivity index (χ0) is 9.97. The Hall–Kier alpha value is -0.770. The van der Waals surface area contributed by atoms with Gasteiger partial charge >= 0.3 is 6.09 Å². The maximum Gasteiger partial charge on any atom is 0.409 e. The maximum absolute atomic E-state index is 11.2. The fourth-order valence-electron chi connectivity index (χ4n) is 2.31. The first-order valence-electron chi connectivity index (χ1n) is 5.38. The molecule has 0 bridgehead atoms. The highest BCUT2D eigenvalue weighted by Crippen LogP contribution is 2.18. The number of rotatable bonds is 2. The lowest BCUT2D eigenvalue weighted by Crippen LogP contribution is -2.41. The molecule has 1 N–H and O–H groups in total. The Bertz CT molecular complexity index is 220. The zero-order valence-corrected chi connectivity index (χ0v) is 8.66. The highest BCUT2D eigenvalue weighted by Gasteiger charge is 2.27. The highest BCUT2D eigenvalue weighted by atomic mass is 16.6. The molecule has 1 amide bonds. The Morgan fingerprint density at radius 2 is 2.43 bits per heavy atom. The van der Waals surface area contributed by atoms with Crippen molar-refractivity contribution in [3.63, 3.8) is 0 Å². The molecule has 0 aromatic rings. The molecule has 0 aromatic heterocycles. The van der Waals surface area contributed by atoms with Crippen LogP contribution in [0.4, 0.5) is 4.79 Å². The topological polar surface area (TPSA) is 41.6 Å². The van der Waals surface area contributed by atoms with Crippen LogP contribution >= 0.6 is 0 Å². The molecule has 0 spiro atoms. The number of piperidine rings is 1. The predicted octanol–water partition coefficient (Wildman–Crippen LogP) is 0.684. The molecule has 2 saturated heterocycles. The van der Waals surface area contributed by atoms with Gasteiger partial charge in [0, 0.05) is 6.54 Å². The minimum Gasteiger partial charge on any atom is -0.448 e. The Labute approximate surface area is 84.6 Å². The summed E-state index contributed by atoms with van der Waals surface area (Å²) in [6.07, 6.45) is 1.08. The van der Waals surface area contributed by atoms with Crippen molar-refractivity contribution in [1.82, 2.24) is 10.2 Å². The van der Waals surface area contributed by atoms with Crippen LogP contribution in [0.5, 0.6) is 0 Å². The van der Waals surface area contributed by atoms with Gasteiger partial charge in [0.1, 0.15) is 6.61 Å². The molecule has 0 aliphatic carbocycles. The second-order valence-corrected chi connectivity index (χ2v) is 4.43. The van der Waals surface area contributed by atoms with E-state index in [0.29, 0.717) is 12.5 Å². The Morgan fingerprint density at radius 1 is 1.57 bits per heavy atom. The summed E-state index contributed by atoms with van der Waals surface area (Å²) in [5.74, 6) is 1.33. The zero-order valence-electron chi connectivity index (χ0n) is 8.66. The monoisotopic (exact) mass is 198 g/mol. The van der Waals surface area contributed by atoms with Gasteiger partial charge in [-0.1, -0.05) is 6.92 Å². The molecule has 14 heavy (non-hydrogen) atoms. The van der Waals surface area contributed by atoms with Crippen molar-refractivity contribution in [3.05, 3.63) is 0 Å². The van der Waals surface area contributed by atoms with E-state index in [1.165, 1.54) is 6.42 Å². The number of hydrogen-bond acceptors (Lipinski definition) is 3. The summed E-state index contributed by atoms with van der Waals surface area (Å²) in [5.41, 5.74) is 0. The van der Waals surface area contributed by atoms with Crippen molar-refractivity contribution in [2.45, 2.75) is 13.3 Å². The minimum absolute atomic E-state index is 0.136. The van der Waals surface area contributed by atoms with Crippen LogP contribution < -0.4 is 5.32 Å². The number of amides is 1.